The second-order valence-corrected chi connectivity index (χ2v) is 9.42. The lowest BCUT2D eigenvalue weighted by molar-refractivity contribution is -0.126. The lowest BCUT2D eigenvalue weighted by Crippen LogP contribution is -2.38. The molecule has 1 saturated carbocycles. The van der Waals surface area contributed by atoms with E-state index in [9.17, 15) is 10.1 Å². The van der Waals surface area contributed by atoms with Crippen LogP contribution in [-0.2, 0) is 4.79 Å². The van der Waals surface area contributed by atoms with Crippen LogP contribution in [0, 0.1) is 22.7 Å². The van der Waals surface area contributed by atoms with Gasteiger partial charge in [0.25, 0.3) is 0 Å². The minimum Gasteiger partial charge on any atom is -0.359 e. The summed E-state index contributed by atoms with van der Waals surface area (Å²) in [6, 6.07) is 11.2. The lowest BCUT2D eigenvalue weighted by atomic mass is 9.69. The maximum Gasteiger partial charge on any atom is 0.222 e. The normalized spacial score (nSPS) is 21.5. The van der Waals surface area contributed by atoms with Gasteiger partial charge in [0.15, 0.2) is 5.82 Å². The first-order valence-corrected chi connectivity index (χ1v) is 12.0. The van der Waals surface area contributed by atoms with Gasteiger partial charge in [-0.15, -0.1) is 0 Å². The number of carbonyl (C=O) groups is 1. The molecule has 35 heavy (non-hydrogen) atoms. The first-order chi connectivity index (χ1) is 17.1. The topological polar surface area (TPSA) is 120 Å². The average molecular weight is 469 g/mol. The van der Waals surface area contributed by atoms with Crippen molar-refractivity contribution in [1.29, 1.82) is 5.26 Å². The largest absolute Gasteiger partial charge is 0.359 e. The molecule has 5 rings (SSSR count). The fraction of sp³-hybridized carbons (Fsp3) is 0.385. The zero-order valence-corrected chi connectivity index (χ0v) is 19.7. The van der Waals surface area contributed by atoms with E-state index in [1.54, 1.807) is 37.8 Å². The van der Waals surface area contributed by atoms with E-state index in [2.05, 4.69) is 31.6 Å². The molecule has 9 nitrogen and oxygen atoms in total. The second kappa shape index (κ2) is 9.66. The van der Waals surface area contributed by atoms with Gasteiger partial charge in [0.05, 0.1) is 11.6 Å². The Morgan fingerprint density at radius 3 is 2.91 bits per heavy atom. The summed E-state index contributed by atoms with van der Waals surface area (Å²) in [5.41, 5.74) is 1.47. The zero-order valence-electron chi connectivity index (χ0n) is 19.7. The first kappa shape index (κ1) is 22.7. The van der Waals surface area contributed by atoms with Crippen molar-refractivity contribution in [2.24, 2.45) is 11.3 Å². The Bertz CT molecular complexity index is 1260. The van der Waals surface area contributed by atoms with E-state index in [0.29, 0.717) is 23.0 Å². The van der Waals surface area contributed by atoms with Crippen LogP contribution in [-0.4, -0.2) is 46.0 Å². The van der Waals surface area contributed by atoms with Crippen LogP contribution in [0.4, 0.5) is 17.5 Å². The number of pyridine rings is 2. The van der Waals surface area contributed by atoms with Gasteiger partial charge in [-0.2, -0.15) is 5.26 Å². The van der Waals surface area contributed by atoms with Crippen LogP contribution >= 0.6 is 0 Å². The molecule has 178 valence electrons. The summed E-state index contributed by atoms with van der Waals surface area (Å²) in [6.45, 7) is 1.75. The average Bonchev–Trinajstić information content (AvgIpc) is 3.31. The molecule has 3 aromatic heterocycles. The predicted molar refractivity (Wildman–Crippen MR) is 133 cm³/mol. The summed E-state index contributed by atoms with van der Waals surface area (Å²) < 4.78 is 0. The van der Waals surface area contributed by atoms with E-state index in [4.69, 9.17) is 9.97 Å². The number of nitrogens with zero attached hydrogens (tertiary/aromatic N) is 6. The maximum absolute atomic E-state index is 12.3. The van der Waals surface area contributed by atoms with E-state index in [1.165, 1.54) is 0 Å². The monoisotopic (exact) mass is 468 g/mol. The Balaban J connectivity index is 1.45. The quantitative estimate of drug-likeness (QED) is 0.582. The molecule has 1 amide bonds. The van der Waals surface area contributed by atoms with Gasteiger partial charge in [-0.1, -0.05) is 6.42 Å². The number of amides is 1. The van der Waals surface area contributed by atoms with Crippen molar-refractivity contribution in [3.05, 3.63) is 54.5 Å². The highest BCUT2D eigenvalue weighted by atomic mass is 16.1. The fourth-order valence-electron chi connectivity index (χ4n) is 5.36. The van der Waals surface area contributed by atoms with E-state index in [0.717, 1.165) is 56.6 Å². The summed E-state index contributed by atoms with van der Waals surface area (Å²) in [7, 11) is 1.72. The van der Waals surface area contributed by atoms with E-state index >= 15 is 0 Å². The highest BCUT2D eigenvalue weighted by Gasteiger charge is 2.43. The third-order valence-electron chi connectivity index (χ3n) is 7.10. The number of hydrogen-bond acceptors (Lipinski definition) is 8. The standard InChI is InChI=1S/C26H28N8O/c1-28-25(35)19-4-2-7-26(14-19)8-11-34(17-26)23-13-22(31-21-12-18(15-27)6-10-30-21)32-24(33-23)20-5-3-9-29-16-20/h3,5-6,9-10,12-13,16,19H,2,4,7-8,11,14,17H2,1H3,(H,28,35)(H,30,31,32,33). The number of rotatable bonds is 5. The van der Waals surface area contributed by atoms with Crippen molar-refractivity contribution in [1.82, 2.24) is 25.3 Å². The van der Waals surface area contributed by atoms with E-state index in [1.807, 2.05) is 18.2 Å². The van der Waals surface area contributed by atoms with E-state index < -0.39 is 0 Å². The fourth-order valence-corrected chi connectivity index (χ4v) is 5.36. The summed E-state index contributed by atoms with van der Waals surface area (Å²) in [5.74, 6) is 2.79. The molecule has 9 heteroatoms. The maximum atomic E-state index is 12.3. The first-order valence-electron chi connectivity index (χ1n) is 12.0. The van der Waals surface area contributed by atoms with Gasteiger partial charge in [0, 0.05) is 56.3 Å². The highest BCUT2D eigenvalue weighted by molar-refractivity contribution is 5.78. The van der Waals surface area contributed by atoms with Crippen LogP contribution in [0.25, 0.3) is 11.4 Å². The number of anilines is 3. The van der Waals surface area contributed by atoms with Crippen molar-refractivity contribution in [3.8, 4) is 17.5 Å². The molecule has 0 radical (unpaired) electrons. The van der Waals surface area contributed by atoms with Gasteiger partial charge in [-0.25, -0.2) is 15.0 Å². The van der Waals surface area contributed by atoms with Gasteiger partial charge >= 0.3 is 0 Å². The smallest absolute Gasteiger partial charge is 0.222 e. The number of nitrogens with one attached hydrogen (secondary N) is 2. The molecule has 0 aromatic carbocycles. The Hall–Kier alpha value is -4.06. The summed E-state index contributed by atoms with van der Waals surface area (Å²) in [6.07, 6.45) is 10.2. The van der Waals surface area contributed by atoms with Gasteiger partial charge in [-0.3, -0.25) is 9.78 Å². The Labute approximate surface area is 204 Å². The molecule has 2 unspecified atom stereocenters. The molecule has 0 bridgehead atoms. The molecule has 4 heterocycles. The highest BCUT2D eigenvalue weighted by Crippen LogP contribution is 2.47. The Morgan fingerprint density at radius 1 is 1.20 bits per heavy atom. The third kappa shape index (κ3) is 4.92. The van der Waals surface area contributed by atoms with Crippen molar-refractivity contribution >= 4 is 23.4 Å². The summed E-state index contributed by atoms with van der Waals surface area (Å²) >= 11 is 0. The molecule has 1 spiro atoms. The van der Waals surface area contributed by atoms with Gasteiger partial charge < -0.3 is 15.5 Å². The molecular formula is C26H28N8O. The molecule has 2 fully saturated rings. The van der Waals surface area contributed by atoms with Gasteiger partial charge in [0.1, 0.15) is 17.5 Å². The van der Waals surface area contributed by atoms with Crippen LogP contribution < -0.4 is 15.5 Å². The molecule has 1 aliphatic carbocycles. The summed E-state index contributed by atoms with van der Waals surface area (Å²) in [5, 5.41) is 15.3. The van der Waals surface area contributed by atoms with Crippen molar-refractivity contribution in [2.45, 2.75) is 32.1 Å². The number of nitriles is 1. The predicted octanol–water partition coefficient (Wildman–Crippen LogP) is 3.68. The van der Waals surface area contributed by atoms with Crippen LogP contribution in [0.15, 0.2) is 48.9 Å². The minimum atomic E-state index is 0.0840. The molecule has 2 atom stereocenters. The SMILES string of the molecule is CNC(=O)C1CCCC2(CCN(c3cc(Nc4cc(C#N)ccn4)nc(-c4cccnc4)n3)C2)C1. The Morgan fingerprint density at radius 2 is 2.11 bits per heavy atom. The van der Waals surface area contributed by atoms with Crippen molar-refractivity contribution in [3.63, 3.8) is 0 Å². The molecule has 2 N–H and O–H groups in total. The van der Waals surface area contributed by atoms with Crippen molar-refractivity contribution in [2.75, 3.05) is 30.4 Å². The van der Waals surface area contributed by atoms with Crippen molar-refractivity contribution < 1.29 is 4.79 Å². The molecule has 3 aromatic rings. The third-order valence-corrected chi connectivity index (χ3v) is 7.10. The van der Waals surface area contributed by atoms with Gasteiger partial charge in [-0.05, 0) is 55.4 Å². The van der Waals surface area contributed by atoms with Crippen LogP contribution in [0.2, 0.25) is 0 Å². The molecule has 2 aliphatic rings. The van der Waals surface area contributed by atoms with Crippen LogP contribution in [0.5, 0.6) is 0 Å². The van der Waals surface area contributed by atoms with E-state index in [-0.39, 0.29) is 17.2 Å². The van der Waals surface area contributed by atoms with Crippen LogP contribution in [0.3, 0.4) is 0 Å². The van der Waals surface area contributed by atoms with Gasteiger partial charge in [0.2, 0.25) is 5.91 Å². The molecular weight excluding hydrogens is 440 g/mol. The summed E-state index contributed by atoms with van der Waals surface area (Å²) in [4.78, 5) is 32.8. The molecule has 1 aliphatic heterocycles. The second-order valence-electron chi connectivity index (χ2n) is 9.42. The Kier molecular flexibility index (Phi) is 6.27. The number of hydrogen-bond donors (Lipinski definition) is 2. The minimum absolute atomic E-state index is 0.0840. The molecule has 1 saturated heterocycles. The van der Waals surface area contributed by atoms with Crippen LogP contribution in [0.1, 0.15) is 37.7 Å². The lowest BCUT2D eigenvalue weighted by Gasteiger charge is -2.37. The zero-order chi connectivity index (χ0) is 24.3. The number of carbonyl (C=O) groups excluding carboxylic acids is 1. The number of aromatic nitrogens is 4.